The lowest BCUT2D eigenvalue weighted by Gasteiger charge is -2.15. The van der Waals surface area contributed by atoms with Crippen LogP contribution in [0.3, 0.4) is 0 Å². The molecule has 0 saturated heterocycles. The Bertz CT molecular complexity index is 1090. The van der Waals surface area contributed by atoms with Gasteiger partial charge in [0.1, 0.15) is 12.1 Å². The minimum Gasteiger partial charge on any atom is -0.493 e. The van der Waals surface area contributed by atoms with Crippen molar-refractivity contribution in [2.45, 2.75) is 19.8 Å². The summed E-state index contributed by atoms with van der Waals surface area (Å²) in [6.45, 7) is 2.64. The minimum atomic E-state index is -0.338. The molecule has 10 heteroatoms. The van der Waals surface area contributed by atoms with E-state index >= 15 is 0 Å². The molecule has 3 N–H and O–H groups in total. The summed E-state index contributed by atoms with van der Waals surface area (Å²) in [5.41, 5.74) is 1.60. The van der Waals surface area contributed by atoms with Crippen molar-refractivity contribution in [3.05, 3.63) is 40.6 Å². The Balaban J connectivity index is 1.87. The van der Waals surface area contributed by atoms with Gasteiger partial charge in [0.15, 0.2) is 11.5 Å². The lowest BCUT2D eigenvalue weighted by molar-refractivity contribution is 0.252. The second-order valence-electron chi connectivity index (χ2n) is 6.62. The number of methoxy groups -OCH3 is 2. The normalized spacial score (nSPS) is 10.6. The van der Waals surface area contributed by atoms with Gasteiger partial charge in [0.25, 0.3) is 0 Å². The quantitative estimate of drug-likeness (QED) is 0.375. The topological polar surface area (TPSA) is 97.4 Å². The van der Waals surface area contributed by atoms with Crippen molar-refractivity contribution in [2.75, 3.05) is 31.4 Å². The summed E-state index contributed by atoms with van der Waals surface area (Å²) in [5, 5.41) is 10.1. The van der Waals surface area contributed by atoms with Crippen LogP contribution >= 0.6 is 23.2 Å². The Kier molecular flexibility index (Phi) is 7.59. The molecule has 0 aliphatic rings. The smallest absolute Gasteiger partial charge is 0.319 e. The maximum atomic E-state index is 12.0. The van der Waals surface area contributed by atoms with Crippen molar-refractivity contribution in [1.29, 1.82) is 0 Å². The number of aromatic nitrogens is 2. The standard InChI is InChI=1S/C21H23Cl2N5O3/c1-4-5-6-24-21(29)28-17-9-13(22)16(8-14(17)23)27-20-12-7-18(30-2)19(31-3)10-15(12)25-11-26-20/h7-11H,4-6H2,1-3H3,(H2,24,28,29)(H,25,26,27). The molecular formula is C21H23Cl2N5O3. The molecule has 8 nitrogen and oxygen atoms in total. The number of halogens is 2. The predicted molar refractivity (Wildman–Crippen MR) is 124 cm³/mol. The molecule has 0 atom stereocenters. The van der Waals surface area contributed by atoms with Gasteiger partial charge in [-0.15, -0.1) is 0 Å². The van der Waals surface area contributed by atoms with Gasteiger partial charge in [0.05, 0.1) is 41.2 Å². The highest BCUT2D eigenvalue weighted by atomic mass is 35.5. The average molecular weight is 464 g/mol. The van der Waals surface area contributed by atoms with E-state index in [0.29, 0.717) is 56.2 Å². The number of hydrogen-bond acceptors (Lipinski definition) is 6. The van der Waals surface area contributed by atoms with Gasteiger partial charge in [-0.2, -0.15) is 0 Å². The van der Waals surface area contributed by atoms with Gasteiger partial charge in [-0.25, -0.2) is 14.8 Å². The molecule has 0 spiro atoms. The van der Waals surface area contributed by atoms with Gasteiger partial charge in [-0.1, -0.05) is 36.5 Å². The van der Waals surface area contributed by atoms with Gasteiger partial charge in [-0.05, 0) is 24.6 Å². The Labute approximate surface area is 190 Å². The van der Waals surface area contributed by atoms with Crippen LogP contribution in [-0.2, 0) is 0 Å². The Morgan fingerprint density at radius 3 is 2.39 bits per heavy atom. The lowest BCUT2D eigenvalue weighted by atomic mass is 10.2. The van der Waals surface area contributed by atoms with E-state index in [1.807, 2.05) is 0 Å². The number of fused-ring (bicyclic) bond motifs is 1. The lowest BCUT2D eigenvalue weighted by Crippen LogP contribution is -2.29. The third-order valence-corrected chi connectivity index (χ3v) is 5.14. The first kappa shape index (κ1) is 22.7. The van der Waals surface area contributed by atoms with Crippen molar-refractivity contribution in [2.24, 2.45) is 0 Å². The zero-order valence-electron chi connectivity index (χ0n) is 17.4. The van der Waals surface area contributed by atoms with Crippen LogP contribution in [0.2, 0.25) is 10.0 Å². The third-order valence-electron chi connectivity index (χ3n) is 4.51. The number of nitrogens with zero attached hydrogens (tertiary/aromatic N) is 2. The number of anilines is 3. The second kappa shape index (κ2) is 10.4. The largest absolute Gasteiger partial charge is 0.493 e. The number of nitrogens with one attached hydrogen (secondary N) is 3. The number of carbonyl (C=O) groups is 1. The van der Waals surface area contributed by atoms with E-state index in [9.17, 15) is 4.79 Å². The summed E-state index contributed by atoms with van der Waals surface area (Å²) in [6.07, 6.45) is 3.32. The zero-order valence-corrected chi connectivity index (χ0v) is 18.9. The monoisotopic (exact) mass is 463 g/mol. The van der Waals surface area contributed by atoms with Gasteiger partial charge in [-0.3, -0.25) is 0 Å². The molecule has 3 aromatic rings. The minimum absolute atomic E-state index is 0.329. The summed E-state index contributed by atoms with van der Waals surface area (Å²) >= 11 is 12.8. The summed E-state index contributed by atoms with van der Waals surface area (Å²) in [6, 6.07) is 6.41. The molecule has 2 amide bonds. The van der Waals surface area contributed by atoms with Crippen LogP contribution in [0, 0.1) is 0 Å². The van der Waals surface area contributed by atoms with E-state index in [-0.39, 0.29) is 6.03 Å². The fourth-order valence-electron chi connectivity index (χ4n) is 2.89. The number of unbranched alkanes of at least 4 members (excludes halogenated alkanes) is 1. The number of carbonyl (C=O) groups excluding carboxylic acids is 1. The van der Waals surface area contributed by atoms with Crippen LogP contribution in [0.5, 0.6) is 11.5 Å². The molecule has 0 saturated carbocycles. The second-order valence-corrected chi connectivity index (χ2v) is 7.43. The van der Waals surface area contributed by atoms with Crippen molar-refractivity contribution in [1.82, 2.24) is 15.3 Å². The number of urea groups is 1. The van der Waals surface area contributed by atoms with E-state index in [1.54, 1.807) is 38.5 Å². The number of rotatable bonds is 8. The highest BCUT2D eigenvalue weighted by molar-refractivity contribution is 6.37. The molecule has 2 aromatic carbocycles. The summed E-state index contributed by atoms with van der Waals surface area (Å²) in [7, 11) is 3.12. The highest BCUT2D eigenvalue weighted by Crippen LogP contribution is 2.37. The van der Waals surface area contributed by atoms with Gasteiger partial charge in [0.2, 0.25) is 0 Å². The fraction of sp³-hybridized carbons (Fsp3) is 0.286. The molecule has 31 heavy (non-hydrogen) atoms. The van der Waals surface area contributed by atoms with Crippen LogP contribution in [0.15, 0.2) is 30.6 Å². The molecule has 164 valence electrons. The Morgan fingerprint density at radius 1 is 1.00 bits per heavy atom. The SMILES string of the molecule is CCCCNC(=O)Nc1cc(Cl)c(Nc2ncnc3cc(OC)c(OC)cc23)cc1Cl. The molecule has 0 fully saturated rings. The number of ether oxygens (including phenoxy) is 2. The third kappa shape index (κ3) is 5.39. The van der Waals surface area contributed by atoms with E-state index < -0.39 is 0 Å². The molecular weight excluding hydrogens is 441 g/mol. The van der Waals surface area contributed by atoms with Gasteiger partial charge < -0.3 is 25.4 Å². The van der Waals surface area contributed by atoms with Gasteiger partial charge >= 0.3 is 6.03 Å². The maximum Gasteiger partial charge on any atom is 0.319 e. The van der Waals surface area contributed by atoms with Crippen LogP contribution in [0.1, 0.15) is 19.8 Å². The van der Waals surface area contributed by atoms with Crippen LogP contribution in [-0.4, -0.2) is 36.8 Å². The number of hydrogen-bond donors (Lipinski definition) is 3. The average Bonchev–Trinajstić information content (AvgIpc) is 2.76. The Morgan fingerprint density at radius 2 is 1.68 bits per heavy atom. The van der Waals surface area contributed by atoms with E-state index in [4.69, 9.17) is 32.7 Å². The first-order chi connectivity index (χ1) is 15.0. The number of amides is 2. The van der Waals surface area contributed by atoms with E-state index in [2.05, 4.69) is 32.8 Å². The molecule has 0 aliphatic carbocycles. The first-order valence-corrected chi connectivity index (χ1v) is 10.4. The van der Waals surface area contributed by atoms with Crippen molar-refractivity contribution < 1.29 is 14.3 Å². The van der Waals surface area contributed by atoms with Gasteiger partial charge in [0, 0.05) is 18.0 Å². The summed E-state index contributed by atoms with van der Waals surface area (Å²) in [5.74, 6) is 1.63. The van der Waals surface area contributed by atoms with Crippen LogP contribution in [0.4, 0.5) is 22.0 Å². The summed E-state index contributed by atoms with van der Waals surface area (Å²) in [4.78, 5) is 20.6. The molecule has 1 aromatic heterocycles. The van der Waals surface area contributed by atoms with Crippen molar-refractivity contribution in [3.8, 4) is 11.5 Å². The molecule has 0 aliphatic heterocycles. The molecule has 1 heterocycles. The van der Waals surface area contributed by atoms with Crippen molar-refractivity contribution in [3.63, 3.8) is 0 Å². The zero-order chi connectivity index (χ0) is 22.4. The van der Waals surface area contributed by atoms with Crippen LogP contribution in [0.25, 0.3) is 10.9 Å². The van der Waals surface area contributed by atoms with E-state index in [0.717, 1.165) is 12.8 Å². The highest BCUT2D eigenvalue weighted by Gasteiger charge is 2.14. The summed E-state index contributed by atoms with van der Waals surface area (Å²) < 4.78 is 10.7. The van der Waals surface area contributed by atoms with E-state index in [1.165, 1.54) is 6.33 Å². The molecule has 0 unspecified atom stereocenters. The molecule has 0 bridgehead atoms. The first-order valence-electron chi connectivity index (χ1n) is 9.64. The number of benzene rings is 2. The van der Waals surface area contributed by atoms with Crippen molar-refractivity contribution >= 4 is 57.3 Å². The maximum absolute atomic E-state index is 12.0. The fourth-order valence-corrected chi connectivity index (χ4v) is 3.32. The van der Waals surface area contributed by atoms with Crippen LogP contribution < -0.4 is 25.4 Å². The predicted octanol–water partition coefficient (Wildman–Crippen LogP) is 5.62. The molecule has 0 radical (unpaired) electrons. The molecule has 3 rings (SSSR count). The Hall–Kier alpha value is -2.97.